The fourth-order valence-electron chi connectivity index (χ4n) is 2.58. The van der Waals surface area contributed by atoms with Crippen LogP contribution in [0.3, 0.4) is 0 Å². The number of benzene rings is 1. The monoisotopic (exact) mass is 311 g/mol. The molecule has 4 N–H and O–H groups in total. The number of aryl methyl sites for hydroxylation is 1. The predicted molar refractivity (Wildman–Crippen MR) is 76.4 cm³/mol. The van der Waals surface area contributed by atoms with Gasteiger partial charge in [-0.15, -0.1) is 0 Å². The molecular weight excluding hydrogens is 294 g/mol. The molecule has 1 aromatic carbocycles. The van der Waals surface area contributed by atoms with Gasteiger partial charge in [-0.05, 0) is 30.2 Å². The van der Waals surface area contributed by atoms with E-state index in [0.717, 1.165) is 5.56 Å². The predicted octanol–water partition coefficient (Wildman–Crippen LogP) is -0.818. The molecule has 7 nitrogen and oxygen atoms in total. The summed E-state index contributed by atoms with van der Waals surface area (Å²) in [5.41, 5.74) is 1.47. The van der Waals surface area contributed by atoms with Crippen molar-refractivity contribution in [1.29, 1.82) is 0 Å². The van der Waals surface area contributed by atoms with E-state index < -0.39 is 22.2 Å². The van der Waals surface area contributed by atoms with Crippen molar-refractivity contribution >= 4 is 21.6 Å². The maximum Gasteiger partial charge on any atom is 0.240 e. The second-order valence-electron chi connectivity index (χ2n) is 5.32. The van der Waals surface area contributed by atoms with Crippen molar-refractivity contribution in [2.24, 2.45) is 0 Å². The molecule has 2 heterocycles. The highest BCUT2D eigenvalue weighted by atomic mass is 32.2. The quantitative estimate of drug-likeness (QED) is 0.583. The Morgan fingerprint density at radius 3 is 2.76 bits per heavy atom. The highest BCUT2D eigenvalue weighted by molar-refractivity contribution is 7.89. The van der Waals surface area contributed by atoms with Crippen molar-refractivity contribution < 1.29 is 18.3 Å². The molecule has 0 spiro atoms. The number of nitrogens with one attached hydrogen (secondary N) is 3. The van der Waals surface area contributed by atoms with Gasteiger partial charge in [-0.1, -0.05) is 0 Å². The summed E-state index contributed by atoms with van der Waals surface area (Å²) in [4.78, 5) is 11.4. The van der Waals surface area contributed by atoms with E-state index in [9.17, 15) is 18.3 Å². The summed E-state index contributed by atoms with van der Waals surface area (Å²) >= 11 is 0. The van der Waals surface area contributed by atoms with E-state index in [0.29, 0.717) is 31.6 Å². The standard InChI is InChI=1S/C13H17N3O4S/c17-12-7-14-6-11(12)16-21(19,20)9-2-3-10-8(5-9)1-4-13(18)15-10/h2-3,5,11-12,14,16-17H,1,4,6-7H2,(H,15,18)/t11-,12-/m1/s1. The van der Waals surface area contributed by atoms with Gasteiger partial charge in [0, 0.05) is 25.2 Å². The molecule has 0 unspecified atom stereocenters. The number of aliphatic hydroxyl groups excluding tert-OH is 1. The summed E-state index contributed by atoms with van der Waals surface area (Å²) in [6.07, 6.45) is 0.157. The van der Waals surface area contributed by atoms with Crippen LogP contribution in [0.5, 0.6) is 0 Å². The van der Waals surface area contributed by atoms with Crippen LogP contribution in [-0.2, 0) is 21.2 Å². The van der Waals surface area contributed by atoms with E-state index >= 15 is 0 Å². The van der Waals surface area contributed by atoms with Crippen molar-refractivity contribution in [3.05, 3.63) is 23.8 Å². The average Bonchev–Trinajstić information content (AvgIpc) is 2.83. The molecule has 0 aromatic heterocycles. The van der Waals surface area contributed by atoms with Crippen LogP contribution in [0.15, 0.2) is 23.1 Å². The summed E-state index contributed by atoms with van der Waals surface area (Å²) in [5.74, 6) is -0.0589. The number of β-amino-alcohol motifs (C(OH)–C–C–N with tert-alkyl or cyclic N) is 1. The van der Waals surface area contributed by atoms with Gasteiger partial charge in [0.05, 0.1) is 17.0 Å². The fourth-order valence-corrected chi connectivity index (χ4v) is 3.90. The van der Waals surface area contributed by atoms with Gasteiger partial charge in [0.15, 0.2) is 0 Å². The summed E-state index contributed by atoms with van der Waals surface area (Å²) in [5, 5.41) is 15.3. The Bertz CT molecular complexity index is 674. The lowest BCUT2D eigenvalue weighted by molar-refractivity contribution is -0.116. The van der Waals surface area contributed by atoms with Gasteiger partial charge < -0.3 is 15.7 Å². The van der Waals surface area contributed by atoms with E-state index in [2.05, 4.69) is 15.4 Å². The second-order valence-corrected chi connectivity index (χ2v) is 7.03. The zero-order chi connectivity index (χ0) is 15.0. The van der Waals surface area contributed by atoms with Gasteiger partial charge in [-0.25, -0.2) is 13.1 Å². The molecule has 1 aromatic rings. The number of aliphatic hydroxyl groups is 1. The maximum absolute atomic E-state index is 12.3. The molecule has 114 valence electrons. The number of anilines is 1. The molecule has 2 aliphatic heterocycles. The van der Waals surface area contributed by atoms with Gasteiger partial charge in [0.25, 0.3) is 0 Å². The molecule has 3 rings (SSSR count). The highest BCUT2D eigenvalue weighted by Gasteiger charge is 2.30. The molecule has 1 amide bonds. The molecule has 2 aliphatic rings. The summed E-state index contributed by atoms with van der Waals surface area (Å²) < 4.78 is 27.2. The lowest BCUT2D eigenvalue weighted by Gasteiger charge is -2.19. The number of carbonyl (C=O) groups is 1. The molecule has 1 fully saturated rings. The molecule has 0 saturated carbocycles. The third kappa shape index (κ3) is 2.93. The van der Waals surface area contributed by atoms with Gasteiger partial charge in [0.1, 0.15) is 0 Å². The highest BCUT2D eigenvalue weighted by Crippen LogP contribution is 2.25. The third-order valence-corrected chi connectivity index (χ3v) is 5.26. The molecule has 8 heteroatoms. The second kappa shape index (κ2) is 5.38. The van der Waals surface area contributed by atoms with E-state index in [-0.39, 0.29) is 10.8 Å². The molecule has 0 bridgehead atoms. The van der Waals surface area contributed by atoms with Crippen LogP contribution in [-0.4, -0.2) is 44.7 Å². The number of amides is 1. The average molecular weight is 311 g/mol. The number of hydrogen-bond acceptors (Lipinski definition) is 5. The Kier molecular flexibility index (Phi) is 3.70. The normalized spacial score (nSPS) is 25.5. The van der Waals surface area contributed by atoms with Gasteiger partial charge in [-0.3, -0.25) is 4.79 Å². The first-order valence-corrected chi connectivity index (χ1v) is 8.28. The minimum Gasteiger partial charge on any atom is -0.390 e. The largest absolute Gasteiger partial charge is 0.390 e. The Balaban J connectivity index is 1.84. The van der Waals surface area contributed by atoms with Crippen LogP contribution in [0.25, 0.3) is 0 Å². The number of rotatable bonds is 3. The first-order chi connectivity index (χ1) is 9.95. The van der Waals surface area contributed by atoms with E-state index in [1.54, 1.807) is 12.1 Å². The van der Waals surface area contributed by atoms with Gasteiger partial charge in [-0.2, -0.15) is 0 Å². The molecule has 2 atom stereocenters. The molecule has 21 heavy (non-hydrogen) atoms. The van der Waals surface area contributed by atoms with Crippen LogP contribution in [0.1, 0.15) is 12.0 Å². The van der Waals surface area contributed by atoms with E-state index in [1.165, 1.54) is 6.07 Å². The van der Waals surface area contributed by atoms with E-state index in [1.807, 2.05) is 0 Å². The van der Waals surface area contributed by atoms with Crippen molar-refractivity contribution in [2.45, 2.75) is 29.9 Å². The first-order valence-electron chi connectivity index (χ1n) is 6.79. The van der Waals surface area contributed by atoms with Crippen LogP contribution in [0.4, 0.5) is 5.69 Å². The molecule has 0 aliphatic carbocycles. The summed E-state index contributed by atoms with van der Waals surface area (Å²) in [7, 11) is -3.69. The minimum absolute atomic E-state index is 0.0589. The fraction of sp³-hybridized carbons (Fsp3) is 0.462. The van der Waals surface area contributed by atoms with Crippen molar-refractivity contribution in [3.8, 4) is 0 Å². The lowest BCUT2D eigenvalue weighted by atomic mass is 10.0. The van der Waals surface area contributed by atoms with Gasteiger partial charge in [0.2, 0.25) is 15.9 Å². The SMILES string of the molecule is O=C1CCc2cc(S(=O)(=O)N[C@@H]3CNC[C@H]3O)ccc2N1. The third-order valence-electron chi connectivity index (χ3n) is 3.77. The topological polar surface area (TPSA) is 108 Å². The van der Waals surface area contributed by atoms with Crippen molar-refractivity contribution in [1.82, 2.24) is 10.0 Å². The van der Waals surface area contributed by atoms with Crippen LogP contribution in [0, 0.1) is 0 Å². The Morgan fingerprint density at radius 2 is 2.05 bits per heavy atom. The van der Waals surface area contributed by atoms with E-state index in [4.69, 9.17) is 0 Å². The number of hydrogen-bond donors (Lipinski definition) is 4. The van der Waals surface area contributed by atoms with Crippen LogP contribution in [0.2, 0.25) is 0 Å². The zero-order valence-corrected chi connectivity index (χ0v) is 12.1. The Hall–Kier alpha value is -1.48. The Labute approximate surface area is 122 Å². The number of carbonyl (C=O) groups excluding carboxylic acids is 1. The first kappa shape index (κ1) is 14.5. The zero-order valence-electron chi connectivity index (χ0n) is 11.3. The lowest BCUT2D eigenvalue weighted by Crippen LogP contribution is -2.42. The smallest absolute Gasteiger partial charge is 0.240 e. The number of fused-ring (bicyclic) bond motifs is 1. The maximum atomic E-state index is 12.3. The van der Waals surface area contributed by atoms with Crippen molar-refractivity contribution in [3.63, 3.8) is 0 Å². The summed E-state index contributed by atoms with van der Waals surface area (Å²) in [6.45, 7) is 0.783. The molecular formula is C13H17N3O4S. The van der Waals surface area contributed by atoms with Crippen LogP contribution < -0.4 is 15.4 Å². The summed E-state index contributed by atoms with van der Waals surface area (Å²) in [6, 6.07) is 4.11. The molecule has 0 radical (unpaired) electrons. The number of sulfonamides is 1. The van der Waals surface area contributed by atoms with Gasteiger partial charge >= 0.3 is 0 Å². The minimum atomic E-state index is -3.69. The van der Waals surface area contributed by atoms with Crippen molar-refractivity contribution in [2.75, 3.05) is 18.4 Å². The molecule has 1 saturated heterocycles. The Morgan fingerprint density at radius 1 is 1.24 bits per heavy atom. The van der Waals surface area contributed by atoms with Crippen LogP contribution >= 0.6 is 0 Å².